The van der Waals surface area contributed by atoms with E-state index in [0.717, 1.165) is 10.5 Å². The predicted octanol–water partition coefficient (Wildman–Crippen LogP) is 2.53. The molecule has 160 valence electrons. The molecule has 2 aromatic carbocycles. The lowest BCUT2D eigenvalue weighted by molar-refractivity contribution is -0.126. The zero-order valence-electron chi connectivity index (χ0n) is 17.2. The molecular weight excluding hydrogens is 400 g/mol. The number of carbonyl (C=O) groups is 3. The molecule has 7 heteroatoms. The highest BCUT2D eigenvalue weighted by Gasteiger charge is 2.42. The topological polar surface area (TPSA) is 86.7 Å². The number of benzene rings is 2. The van der Waals surface area contributed by atoms with Crippen LogP contribution in [-0.4, -0.2) is 46.4 Å². The van der Waals surface area contributed by atoms with E-state index in [0.29, 0.717) is 24.0 Å². The standard InChI is InChI=1S/C23H26N2O4.H2S/c1-15(2)12-20(25-22(28)18-10-6-7-11-19(18)23(25)29)21(27)24-14-17(26)13-16-8-4-3-5-9-16;/h3-11,15,17,20,26H,12-14H2,1-2H3,(H,24,27);1H2/t17?,20-;/m0./s1. The fourth-order valence-electron chi connectivity index (χ4n) is 3.56. The number of hydrogen-bond acceptors (Lipinski definition) is 4. The Morgan fingerprint density at radius 3 is 2.03 bits per heavy atom. The van der Waals surface area contributed by atoms with E-state index in [9.17, 15) is 19.5 Å². The van der Waals surface area contributed by atoms with Gasteiger partial charge in [-0.25, -0.2) is 0 Å². The monoisotopic (exact) mass is 428 g/mol. The molecule has 0 saturated heterocycles. The van der Waals surface area contributed by atoms with Gasteiger partial charge in [-0.05, 0) is 30.0 Å². The summed E-state index contributed by atoms with van der Waals surface area (Å²) in [5, 5.41) is 13.0. The van der Waals surface area contributed by atoms with Gasteiger partial charge in [0.15, 0.2) is 0 Å². The van der Waals surface area contributed by atoms with Crippen molar-refractivity contribution in [3.05, 3.63) is 71.3 Å². The van der Waals surface area contributed by atoms with Crippen molar-refractivity contribution in [2.45, 2.75) is 38.8 Å². The summed E-state index contributed by atoms with van der Waals surface area (Å²) < 4.78 is 0. The van der Waals surface area contributed by atoms with Gasteiger partial charge in [-0.1, -0.05) is 56.3 Å². The maximum Gasteiger partial charge on any atom is 0.262 e. The van der Waals surface area contributed by atoms with Gasteiger partial charge in [-0.15, -0.1) is 0 Å². The van der Waals surface area contributed by atoms with Gasteiger partial charge in [-0.3, -0.25) is 19.3 Å². The van der Waals surface area contributed by atoms with Gasteiger partial charge in [0.2, 0.25) is 5.91 Å². The van der Waals surface area contributed by atoms with E-state index in [1.807, 2.05) is 44.2 Å². The molecule has 0 aromatic heterocycles. The summed E-state index contributed by atoms with van der Waals surface area (Å²) in [7, 11) is 0. The van der Waals surface area contributed by atoms with Gasteiger partial charge < -0.3 is 10.4 Å². The van der Waals surface area contributed by atoms with E-state index in [4.69, 9.17) is 0 Å². The van der Waals surface area contributed by atoms with Crippen molar-refractivity contribution in [2.24, 2.45) is 5.92 Å². The van der Waals surface area contributed by atoms with Crippen molar-refractivity contribution in [1.82, 2.24) is 10.2 Å². The van der Waals surface area contributed by atoms with Gasteiger partial charge in [-0.2, -0.15) is 13.5 Å². The molecule has 0 radical (unpaired) electrons. The number of imide groups is 1. The minimum Gasteiger partial charge on any atom is -0.391 e. The Bertz CT molecular complexity index is 866. The molecule has 2 N–H and O–H groups in total. The van der Waals surface area contributed by atoms with Crippen molar-refractivity contribution in [3.63, 3.8) is 0 Å². The number of aliphatic hydroxyl groups excluding tert-OH is 1. The van der Waals surface area contributed by atoms with Crippen LogP contribution in [0.25, 0.3) is 0 Å². The van der Waals surface area contributed by atoms with Crippen LogP contribution < -0.4 is 5.32 Å². The first kappa shape index (κ1) is 23.6. The molecule has 0 aliphatic carbocycles. The zero-order valence-corrected chi connectivity index (χ0v) is 18.2. The van der Waals surface area contributed by atoms with Gasteiger partial charge in [0.05, 0.1) is 17.2 Å². The first-order chi connectivity index (χ1) is 13.9. The van der Waals surface area contributed by atoms with Gasteiger partial charge in [0.25, 0.3) is 11.8 Å². The number of amides is 3. The Kier molecular flexibility index (Phi) is 8.20. The third kappa shape index (κ3) is 5.29. The van der Waals surface area contributed by atoms with Crippen LogP contribution in [0.1, 0.15) is 46.5 Å². The zero-order chi connectivity index (χ0) is 21.0. The summed E-state index contributed by atoms with van der Waals surface area (Å²) in [5.41, 5.74) is 1.61. The minimum atomic E-state index is -0.911. The van der Waals surface area contributed by atoms with E-state index in [1.165, 1.54) is 0 Å². The Hall–Kier alpha value is -2.64. The second kappa shape index (κ2) is 10.4. The fourth-order valence-corrected chi connectivity index (χ4v) is 3.56. The number of rotatable bonds is 8. The Morgan fingerprint density at radius 1 is 0.967 bits per heavy atom. The molecule has 0 spiro atoms. The number of nitrogens with one attached hydrogen (secondary N) is 1. The first-order valence-corrected chi connectivity index (χ1v) is 9.85. The quantitative estimate of drug-likeness (QED) is 0.633. The number of nitrogens with zero attached hydrogens (tertiary/aromatic N) is 1. The van der Waals surface area contributed by atoms with Crippen LogP contribution >= 0.6 is 13.5 Å². The normalized spacial score (nSPS) is 14.9. The van der Waals surface area contributed by atoms with E-state index < -0.39 is 29.9 Å². The highest BCUT2D eigenvalue weighted by Crippen LogP contribution is 2.27. The van der Waals surface area contributed by atoms with Crippen molar-refractivity contribution in [2.75, 3.05) is 6.54 Å². The van der Waals surface area contributed by atoms with Crippen LogP contribution in [0.2, 0.25) is 0 Å². The van der Waals surface area contributed by atoms with Gasteiger partial charge >= 0.3 is 0 Å². The molecule has 30 heavy (non-hydrogen) atoms. The molecule has 2 aromatic rings. The predicted molar refractivity (Wildman–Crippen MR) is 120 cm³/mol. The van der Waals surface area contributed by atoms with Crippen molar-refractivity contribution >= 4 is 31.2 Å². The molecule has 1 heterocycles. The largest absolute Gasteiger partial charge is 0.391 e. The number of carbonyl (C=O) groups excluding carboxylic acids is 3. The SMILES string of the molecule is CC(C)C[C@@H](C(=O)NCC(O)Cc1ccccc1)N1C(=O)c2ccccc2C1=O.S. The molecule has 1 unspecified atom stereocenters. The van der Waals surface area contributed by atoms with Crippen LogP contribution in [0.3, 0.4) is 0 Å². The summed E-state index contributed by atoms with van der Waals surface area (Å²) in [4.78, 5) is 39.5. The van der Waals surface area contributed by atoms with Crippen molar-refractivity contribution in [3.8, 4) is 0 Å². The van der Waals surface area contributed by atoms with Crippen LogP contribution in [-0.2, 0) is 11.2 Å². The smallest absolute Gasteiger partial charge is 0.262 e. The second-order valence-electron chi connectivity index (χ2n) is 7.76. The second-order valence-corrected chi connectivity index (χ2v) is 7.76. The summed E-state index contributed by atoms with van der Waals surface area (Å²) >= 11 is 0. The molecular formula is C23H28N2O4S. The molecule has 1 aliphatic heterocycles. The fraction of sp³-hybridized carbons (Fsp3) is 0.348. The van der Waals surface area contributed by atoms with E-state index in [-0.39, 0.29) is 26.0 Å². The highest BCUT2D eigenvalue weighted by molar-refractivity contribution is 7.59. The average molecular weight is 429 g/mol. The lowest BCUT2D eigenvalue weighted by atomic mass is 10.0. The maximum absolute atomic E-state index is 12.9. The van der Waals surface area contributed by atoms with Crippen LogP contribution in [0.5, 0.6) is 0 Å². The molecule has 3 amide bonds. The Balaban J connectivity index is 0.00000320. The molecule has 0 fully saturated rings. The van der Waals surface area contributed by atoms with E-state index in [1.54, 1.807) is 24.3 Å². The number of hydrogen-bond donors (Lipinski definition) is 2. The van der Waals surface area contributed by atoms with Gasteiger partial charge in [0.1, 0.15) is 6.04 Å². The van der Waals surface area contributed by atoms with Crippen LogP contribution in [0.15, 0.2) is 54.6 Å². The summed E-state index contributed by atoms with van der Waals surface area (Å²) in [6.45, 7) is 3.91. The Labute approximate surface area is 183 Å². The van der Waals surface area contributed by atoms with E-state index >= 15 is 0 Å². The van der Waals surface area contributed by atoms with Gasteiger partial charge in [0, 0.05) is 13.0 Å². The molecule has 0 saturated carbocycles. The van der Waals surface area contributed by atoms with Crippen molar-refractivity contribution < 1.29 is 19.5 Å². The maximum atomic E-state index is 12.9. The van der Waals surface area contributed by atoms with Crippen LogP contribution in [0.4, 0.5) is 0 Å². The molecule has 2 atom stereocenters. The minimum absolute atomic E-state index is 0. The lowest BCUT2D eigenvalue weighted by Gasteiger charge is -2.27. The van der Waals surface area contributed by atoms with Crippen molar-refractivity contribution in [1.29, 1.82) is 0 Å². The summed E-state index contributed by atoms with van der Waals surface area (Å²) in [6.07, 6.45) is -0.00191. The third-order valence-electron chi connectivity index (χ3n) is 4.96. The van der Waals surface area contributed by atoms with Crippen LogP contribution in [0, 0.1) is 5.92 Å². The third-order valence-corrected chi connectivity index (χ3v) is 4.96. The van der Waals surface area contributed by atoms with E-state index in [2.05, 4.69) is 5.32 Å². The molecule has 1 aliphatic rings. The first-order valence-electron chi connectivity index (χ1n) is 9.85. The molecule has 0 bridgehead atoms. The lowest BCUT2D eigenvalue weighted by Crippen LogP contribution is -2.51. The summed E-state index contributed by atoms with van der Waals surface area (Å²) in [5.74, 6) is -1.22. The average Bonchev–Trinajstić information content (AvgIpc) is 2.96. The summed E-state index contributed by atoms with van der Waals surface area (Å²) in [6, 6.07) is 15.2. The highest BCUT2D eigenvalue weighted by atomic mass is 32.1. The number of aliphatic hydroxyl groups is 1. The Morgan fingerprint density at radius 2 is 1.50 bits per heavy atom. The molecule has 6 nitrogen and oxygen atoms in total. The molecule has 3 rings (SSSR count). The number of fused-ring (bicyclic) bond motifs is 1.